The molecule has 0 aromatic carbocycles. The minimum absolute atomic E-state index is 0.295. The molecule has 0 saturated heterocycles. The molecular weight excluding hydrogens is 254 g/mol. The number of nitrogens with zero attached hydrogens (tertiary/aromatic N) is 2. The van der Waals surface area contributed by atoms with Gasteiger partial charge in [0.1, 0.15) is 17.4 Å². The van der Waals surface area contributed by atoms with Gasteiger partial charge in [0.15, 0.2) is 0 Å². The average molecular weight is 275 g/mol. The second-order valence-corrected chi connectivity index (χ2v) is 4.74. The van der Waals surface area contributed by atoms with E-state index in [0.717, 1.165) is 24.4 Å². The first-order valence-electron chi connectivity index (χ1n) is 6.94. The van der Waals surface area contributed by atoms with E-state index in [9.17, 15) is 0 Å². The second-order valence-electron chi connectivity index (χ2n) is 4.74. The van der Waals surface area contributed by atoms with E-state index in [0.29, 0.717) is 24.4 Å². The van der Waals surface area contributed by atoms with Crippen LogP contribution in [-0.4, -0.2) is 22.6 Å². The lowest BCUT2D eigenvalue weighted by molar-refractivity contribution is 0.325. The Bertz CT molecular complexity index is 526. The van der Waals surface area contributed by atoms with Crippen LogP contribution >= 0.6 is 0 Å². The summed E-state index contributed by atoms with van der Waals surface area (Å²) in [5.41, 5.74) is 0. The number of nitrogens with one attached hydrogen (secondary N) is 1. The van der Waals surface area contributed by atoms with Gasteiger partial charge in [-0.1, -0.05) is 0 Å². The highest BCUT2D eigenvalue weighted by Crippen LogP contribution is 2.15. The van der Waals surface area contributed by atoms with Crippen molar-refractivity contribution in [3.05, 3.63) is 36.0 Å². The van der Waals surface area contributed by atoms with Crippen molar-refractivity contribution < 1.29 is 9.15 Å². The van der Waals surface area contributed by atoms with E-state index in [1.807, 2.05) is 32.0 Å². The first-order chi connectivity index (χ1) is 9.67. The molecule has 2 heterocycles. The normalized spacial score (nSPS) is 12.2. The molecule has 0 radical (unpaired) electrons. The highest BCUT2D eigenvalue weighted by atomic mass is 16.5. The number of aryl methyl sites for hydroxylation is 2. The van der Waals surface area contributed by atoms with E-state index < -0.39 is 0 Å². The summed E-state index contributed by atoms with van der Waals surface area (Å²) in [5.74, 6) is 3.12. The fourth-order valence-corrected chi connectivity index (χ4v) is 1.97. The van der Waals surface area contributed by atoms with Crippen molar-refractivity contribution in [2.24, 2.45) is 0 Å². The van der Waals surface area contributed by atoms with Gasteiger partial charge >= 0.3 is 0 Å². The van der Waals surface area contributed by atoms with E-state index in [-0.39, 0.29) is 0 Å². The van der Waals surface area contributed by atoms with E-state index >= 15 is 0 Å². The Morgan fingerprint density at radius 2 is 2.25 bits per heavy atom. The molecular formula is C15H21N3O2. The molecule has 20 heavy (non-hydrogen) atoms. The van der Waals surface area contributed by atoms with Crippen LogP contribution in [0.25, 0.3) is 0 Å². The summed E-state index contributed by atoms with van der Waals surface area (Å²) in [4.78, 5) is 8.60. The Hall–Kier alpha value is -2.04. The zero-order valence-corrected chi connectivity index (χ0v) is 12.2. The molecule has 0 aliphatic heterocycles. The highest BCUT2D eigenvalue weighted by molar-refractivity contribution is 5.39. The first kappa shape index (κ1) is 14.4. The van der Waals surface area contributed by atoms with Gasteiger partial charge in [0.2, 0.25) is 5.88 Å². The molecule has 2 aromatic rings. The predicted molar refractivity (Wildman–Crippen MR) is 78.1 cm³/mol. The van der Waals surface area contributed by atoms with Gasteiger partial charge in [-0.3, -0.25) is 0 Å². The molecule has 0 saturated carbocycles. The van der Waals surface area contributed by atoms with Gasteiger partial charge < -0.3 is 14.5 Å². The third-order valence-corrected chi connectivity index (χ3v) is 2.90. The van der Waals surface area contributed by atoms with Gasteiger partial charge in [-0.15, -0.1) is 0 Å². The first-order valence-corrected chi connectivity index (χ1v) is 6.94. The number of aromatic nitrogens is 2. The van der Waals surface area contributed by atoms with Crippen LogP contribution in [0.3, 0.4) is 0 Å². The predicted octanol–water partition coefficient (Wildman–Crippen LogP) is 3.21. The SMILES string of the molecule is CCOc1cc(NC(C)CCc2ccco2)nc(C)n1. The van der Waals surface area contributed by atoms with Crippen molar-refractivity contribution >= 4 is 5.82 Å². The molecule has 0 fully saturated rings. The van der Waals surface area contributed by atoms with Crippen LogP contribution in [0.2, 0.25) is 0 Å². The molecule has 0 aliphatic rings. The summed E-state index contributed by atoms with van der Waals surface area (Å²) in [6.45, 7) is 6.53. The number of hydrogen-bond acceptors (Lipinski definition) is 5. The van der Waals surface area contributed by atoms with Gasteiger partial charge in [0.25, 0.3) is 0 Å². The Labute approximate surface area is 119 Å². The maximum absolute atomic E-state index is 5.42. The van der Waals surface area contributed by atoms with Crippen molar-refractivity contribution in [3.8, 4) is 5.88 Å². The van der Waals surface area contributed by atoms with Crippen molar-refractivity contribution in [2.75, 3.05) is 11.9 Å². The Kier molecular flexibility index (Phi) is 4.98. The molecule has 0 spiro atoms. The lowest BCUT2D eigenvalue weighted by atomic mass is 10.1. The van der Waals surface area contributed by atoms with Crippen LogP contribution in [0, 0.1) is 6.92 Å². The third kappa shape index (κ3) is 4.26. The van der Waals surface area contributed by atoms with Crippen LogP contribution in [0.5, 0.6) is 5.88 Å². The number of furan rings is 1. The quantitative estimate of drug-likeness (QED) is 0.840. The maximum atomic E-state index is 5.42. The zero-order valence-electron chi connectivity index (χ0n) is 12.2. The van der Waals surface area contributed by atoms with E-state index in [1.54, 1.807) is 6.26 Å². The molecule has 5 nitrogen and oxygen atoms in total. The van der Waals surface area contributed by atoms with Gasteiger partial charge in [-0.2, -0.15) is 4.98 Å². The molecule has 2 rings (SSSR count). The van der Waals surface area contributed by atoms with Crippen molar-refractivity contribution in [2.45, 2.75) is 39.7 Å². The Balaban J connectivity index is 1.91. The maximum Gasteiger partial charge on any atom is 0.218 e. The van der Waals surface area contributed by atoms with Gasteiger partial charge in [-0.25, -0.2) is 4.98 Å². The van der Waals surface area contributed by atoms with E-state index in [4.69, 9.17) is 9.15 Å². The van der Waals surface area contributed by atoms with Gasteiger partial charge in [0, 0.05) is 18.5 Å². The molecule has 108 valence electrons. The van der Waals surface area contributed by atoms with Crippen molar-refractivity contribution in [1.82, 2.24) is 9.97 Å². The second kappa shape index (κ2) is 6.93. The van der Waals surface area contributed by atoms with Crippen LogP contribution < -0.4 is 10.1 Å². The smallest absolute Gasteiger partial charge is 0.218 e. The fraction of sp³-hybridized carbons (Fsp3) is 0.467. The van der Waals surface area contributed by atoms with E-state index in [2.05, 4.69) is 22.2 Å². The summed E-state index contributed by atoms with van der Waals surface area (Å²) in [5, 5.41) is 3.37. The minimum Gasteiger partial charge on any atom is -0.478 e. The minimum atomic E-state index is 0.295. The fourth-order valence-electron chi connectivity index (χ4n) is 1.97. The van der Waals surface area contributed by atoms with Crippen LogP contribution in [0.1, 0.15) is 31.9 Å². The molecule has 1 unspecified atom stereocenters. The lowest BCUT2D eigenvalue weighted by Gasteiger charge is -2.15. The summed E-state index contributed by atoms with van der Waals surface area (Å²) >= 11 is 0. The number of hydrogen-bond donors (Lipinski definition) is 1. The summed E-state index contributed by atoms with van der Waals surface area (Å²) in [6, 6.07) is 6.04. The van der Waals surface area contributed by atoms with Gasteiger partial charge in [-0.05, 0) is 39.3 Å². The standard InChI is InChI=1S/C15H21N3O2/c1-4-19-15-10-14(17-12(3)18-15)16-11(2)7-8-13-6-5-9-20-13/h5-6,9-11H,4,7-8H2,1-3H3,(H,16,17,18). The van der Waals surface area contributed by atoms with Crippen molar-refractivity contribution in [1.29, 1.82) is 0 Å². The summed E-state index contributed by atoms with van der Waals surface area (Å²) < 4.78 is 10.8. The topological polar surface area (TPSA) is 60.2 Å². The average Bonchev–Trinajstić information content (AvgIpc) is 2.89. The third-order valence-electron chi connectivity index (χ3n) is 2.90. The molecule has 0 aliphatic carbocycles. The van der Waals surface area contributed by atoms with Gasteiger partial charge in [0.05, 0.1) is 12.9 Å². The van der Waals surface area contributed by atoms with Crippen LogP contribution in [0.15, 0.2) is 28.9 Å². The van der Waals surface area contributed by atoms with E-state index in [1.165, 1.54) is 0 Å². The lowest BCUT2D eigenvalue weighted by Crippen LogP contribution is -2.17. The molecule has 5 heteroatoms. The van der Waals surface area contributed by atoms with Crippen LogP contribution in [0.4, 0.5) is 5.82 Å². The molecule has 1 N–H and O–H groups in total. The Morgan fingerprint density at radius 3 is 2.95 bits per heavy atom. The van der Waals surface area contributed by atoms with Crippen molar-refractivity contribution in [3.63, 3.8) is 0 Å². The number of ether oxygens (including phenoxy) is 1. The summed E-state index contributed by atoms with van der Waals surface area (Å²) in [7, 11) is 0. The molecule has 1 atom stereocenters. The molecule has 0 amide bonds. The number of anilines is 1. The number of rotatable bonds is 7. The zero-order chi connectivity index (χ0) is 14.4. The molecule has 2 aromatic heterocycles. The molecule has 0 bridgehead atoms. The van der Waals surface area contributed by atoms with Crippen LogP contribution in [-0.2, 0) is 6.42 Å². The Morgan fingerprint density at radius 1 is 1.40 bits per heavy atom. The largest absolute Gasteiger partial charge is 0.478 e. The monoisotopic (exact) mass is 275 g/mol. The summed E-state index contributed by atoms with van der Waals surface area (Å²) in [6.07, 6.45) is 3.58. The highest BCUT2D eigenvalue weighted by Gasteiger charge is 2.07.